The molecule has 0 aliphatic carbocycles. The summed E-state index contributed by atoms with van der Waals surface area (Å²) < 4.78 is 2.08. The van der Waals surface area contributed by atoms with Crippen molar-refractivity contribution in [2.45, 2.75) is 6.54 Å². The molecule has 0 fully saturated rings. The van der Waals surface area contributed by atoms with E-state index >= 15 is 0 Å². The molecule has 2 aromatic heterocycles. The van der Waals surface area contributed by atoms with E-state index in [0.29, 0.717) is 6.54 Å². The average Bonchev–Trinajstić information content (AvgIpc) is 2.76. The smallest absolute Gasteiger partial charge is 0.137 e. The van der Waals surface area contributed by atoms with Gasteiger partial charge in [-0.3, -0.25) is 4.40 Å². The molecule has 0 radical (unpaired) electrons. The number of benzene rings is 1. The summed E-state index contributed by atoms with van der Waals surface area (Å²) >= 11 is 0. The highest BCUT2D eigenvalue weighted by Crippen LogP contribution is 2.17. The van der Waals surface area contributed by atoms with Crippen LogP contribution in [0.25, 0.3) is 16.6 Å². The van der Waals surface area contributed by atoms with Crippen molar-refractivity contribution in [3.63, 3.8) is 0 Å². The van der Waals surface area contributed by atoms with Gasteiger partial charge in [-0.05, 0) is 35.2 Å². The van der Waals surface area contributed by atoms with Gasteiger partial charge in [0.15, 0.2) is 0 Å². The highest BCUT2D eigenvalue weighted by molar-refractivity contribution is 5.82. The van der Waals surface area contributed by atoms with Crippen LogP contribution in [-0.4, -0.2) is 9.38 Å². The zero-order valence-electron chi connectivity index (χ0n) is 8.22. The lowest BCUT2D eigenvalue weighted by Gasteiger charge is -2.03. The van der Waals surface area contributed by atoms with Gasteiger partial charge >= 0.3 is 0 Å². The topological polar surface area (TPSA) is 43.3 Å². The lowest BCUT2D eigenvalue weighted by atomic mass is 10.1. The van der Waals surface area contributed by atoms with Gasteiger partial charge in [0.05, 0.1) is 5.52 Å². The zero-order valence-corrected chi connectivity index (χ0v) is 8.22. The highest BCUT2D eigenvalue weighted by atomic mass is 15.0. The van der Waals surface area contributed by atoms with Crippen LogP contribution >= 0.6 is 0 Å². The third-order valence-electron chi connectivity index (χ3n) is 2.67. The molecular weight excluding hydrogens is 186 g/mol. The maximum absolute atomic E-state index is 5.61. The molecule has 3 heteroatoms. The standard InChI is InChI=1S/C12H11N3/c13-8-9-1-3-11-10(7-9)2-4-12-14-5-6-15(11)12/h1-7H,8,13H2. The van der Waals surface area contributed by atoms with E-state index in [0.717, 1.165) is 11.2 Å². The maximum Gasteiger partial charge on any atom is 0.137 e. The van der Waals surface area contributed by atoms with Crippen LogP contribution in [0.2, 0.25) is 0 Å². The van der Waals surface area contributed by atoms with Gasteiger partial charge in [0.25, 0.3) is 0 Å². The van der Waals surface area contributed by atoms with Crippen LogP contribution in [0.15, 0.2) is 42.7 Å². The van der Waals surface area contributed by atoms with E-state index in [1.807, 2.05) is 18.5 Å². The van der Waals surface area contributed by atoms with E-state index in [2.05, 4.69) is 33.7 Å². The molecule has 0 bridgehead atoms. The Morgan fingerprint density at radius 2 is 2.13 bits per heavy atom. The minimum absolute atomic E-state index is 0.581. The normalized spacial score (nSPS) is 11.3. The van der Waals surface area contributed by atoms with E-state index in [9.17, 15) is 0 Å². The molecule has 3 rings (SSSR count). The Hall–Kier alpha value is -1.87. The Bertz CT molecular complexity index is 625. The van der Waals surface area contributed by atoms with Crippen molar-refractivity contribution < 1.29 is 0 Å². The summed E-state index contributed by atoms with van der Waals surface area (Å²) in [7, 11) is 0. The molecule has 0 aliphatic heterocycles. The minimum atomic E-state index is 0.581. The summed E-state index contributed by atoms with van der Waals surface area (Å²) in [5, 5.41) is 1.20. The van der Waals surface area contributed by atoms with Crippen LogP contribution in [0.4, 0.5) is 0 Å². The number of nitrogens with zero attached hydrogens (tertiary/aromatic N) is 2. The molecule has 1 aromatic carbocycles. The Morgan fingerprint density at radius 1 is 1.20 bits per heavy atom. The van der Waals surface area contributed by atoms with E-state index in [4.69, 9.17) is 5.73 Å². The monoisotopic (exact) mass is 197 g/mol. The lowest BCUT2D eigenvalue weighted by molar-refractivity contribution is 1.07. The van der Waals surface area contributed by atoms with E-state index in [1.54, 1.807) is 0 Å². The fraction of sp³-hybridized carbons (Fsp3) is 0.0833. The van der Waals surface area contributed by atoms with Crippen LogP contribution < -0.4 is 5.73 Å². The lowest BCUT2D eigenvalue weighted by Crippen LogP contribution is -1.96. The SMILES string of the molecule is NCc1ccc2c(ccc3nccn32)c1. The van der Waals surface area contributed by atoms with Crippen LogP contribution in [0.1, 0.15) is 5.56 Å². The Balaban J connectivity index is 2.44. The van der Waals surface area contributed by atoms with Crippen LogP contribution in [0, 0.1) is 0 Å². The number of nitrogens with two attached hydrogens (primary N) is 1. The van der Waals surface area contributed by atoms with Gasteiger partial charge < -0.3 is 5.73 Å². The van der Waals surface area contributed by atoms with E-state index in [1.165, 1.54) is 10.9 Å². The quantitative estimate of drug-likeness (QED) is 0.648. The third kappa shape index (κ3) is 1.21. The number of fused-ring (bicyclic) bond motifs is 3. The van der Waals surface area contributed by atoms with Gasteiger partial charge in [0.2, 0.25) is 0 Å². The molecule has 3 nitrogen and oxygen atoms in total. The number of hydrogen-bond donors (Lipinski definition) is 1. The van der Waals surface area contributed by atoms with Crippen molar-refractivity contribution in [1.82, 2.24) is 9.38 Å². The second-order valence-electron chi connectivity index (χ2n) is 3.59. The number of hydrogen-bond acceptors (Lipinski definition) is 2. The number of pyridine rings is 1. The van der Waals surface area contributed by atoms with Crippen molar-refractivity contribution in [1.29, 1.82) is 0 Å². The maximum atomic E-state index is 5.61. The molecule has 0 saturated carbocycles. The largest absolute Gasteiger partial charge is 0.326 e. The first-order valence-corrected chi connectivity index (χ1v) is 4.93. The van der Waals surface area contributed by atoms with Gasteiger partial charge in [-0.15, -0.1) is 0 Å². The number of imidazole rings is 1. The Kier molecular flexibility index (Phi) is 1.73. The number of aromatic nitrogens is 2. The summed E-state index contributed by atoms with van der Waals surface area (Å²) in [4.78, 5) is 4.25. The molecule has 0 atom stereocenters. The summed E-state index contributed by atoms with van der Waals surface area (Å²) in [5.41, 5.74) is 8.91. The van der Waals surface area contributed by atoms with Gasteiger partial charge in [0.1, 0.15) is 5.65 Å². The van der Waals surface area contributed by atoms with Gasteiger partial charge in [-0.1, -0.05) is 6.07 Å². The Morgan fingerprint density at radius 3 is 3.00 bits per heavy atom. The molecule has 2 heterocycles. The summed E-state index contributed by atoms with van der Waals surface area (Å²) in [6.45, 7) is 0.581. The van der Waals surface area contributed by atoms with E-state index in [-0.39, 0.29) is 0 Å². The van der Waals surface area contributed by atoms with Crippen molar-refractivity contribution in [2.75, 3.05) is 0 Å². The second kappa shape index (κ2) is 3.07. The number of rotatable bonds is 1. The molecule has 0 unspecified atom stereocenters. The van der Waals surface area contributed by atoms with Crippen molar-refractivity contribution in [3.05, 3.63) is 48.3 Å². The van der Waals surface area contributed by atoms with Crippen LogP contribution in [-0.2, 0) is 6.54 Å². The average molecular weight is 197 g/mol. The van der Waals surface area contributed by atoms with Gasteiger partial charge in [-0.2, -0.15) is 0 Å². The van der Waals surface area contributed by atoms with Crippen LogP contribution in [0.3, 0.4) is 0 Å². The predicted octanol–water partition coefficient (Wildman–Crippen LogP) is 1.95. The first-order valence-electron chi connectivity index (χ1n) is 4.93. The fourth-order valence-electron chi connectivity index (χ4n) is 1.89. The second-order valence-corrected chi connectivity index (χ2v) is 3.59. The molecule has 0 aliphatic rings. The molecule has 0 spiro atoms. The summed E-state index contributed by atoms with van der Waals surface area (Å²) in [6, 6.07) is 10.4. The predicted molar refractivity (Wildman–Crippen MR) is 60.6 cm³/mol. The molecule has 2 N–H and O–H groups in total. The highest BCUT2D eigenvalue weighted by Gasteiger charge is 2.00. The molecule has 0 saturated heterocycles. The zero-order chi connectivity index (χ0) is 10.3. The molecule has 15 heavy (non-hydrogen) atoms. The third-order valence-corrected chi connectivity index (χ3v) is 2.67. The first-order chi connectivity index (χ1) is 7.38. The van der Waals surface area contributed by atoms with Crippen molar-refractivity contribution >= 4 is 16.6 Å². The minimum Gasteiger partial charge on any atom is -0.326 e. The van der Waals surface area contributed by atoms with Crippen LogP contribution in [0.5, 0.6) is 0 Å². The van der Waals surface area contributed by atoms with E-state index < -0.39 is 0 Å². The van der Waals surface area contributed by atoms with Crippen molar-refractivity contribution in [3.8, 4) is 0 Å². The molecule has 0 amide bonds. The van der Waals surface area contributed by atoms with Crippen molar-refractivity contribution in [2.24, 2.45) is 5.73 Å². The summed E-state index contributed by atoms with van der Waals surface area (Å²) in [6.07, 6.45) is 3.78. The fourth-order valence-corrected chi connectivity index (χ4v) is 1.89. The van der Waals surface area contributed by atoms with Gasteiger partial charge in [0, 0.05) is 18.9 Å². The van der Waals surface area contributed by atoms with Gasteiger partial charge in [-0.25, -0.2) is 4.98 Å². The first kappa shape index (κ1) is 8.44. The molecule has 74 valence electrons. The molecular formula is C12H11N3. The molecule has 3 aromatic rings. The Labute approximate surface area is 87.2 Å². The summed E-state index contributed by atoms with van der Waals surface area (Å²) in [5.74, 6) is 0.